The van der Waals surface area contributed by atoms with Crippen LogP contribution < -0.4 is 10.6 Å². The molecule has 4 heteroatoms. The Labute approximate surface area is 106 Å². The molecule has 1 aromatic heterocycles. The molecule has 2 aromatic rings. The van der Waals surface area contributed by atoms with Crippen molar-refractivity contribution in [1.82, 2.24) is 4.98 Å². The Morgan fingerprint density at radius 2 is 2.17 bits per heavy atom. The van der Waals surface area contributed by atoms with E-state index in [1.165, 1.54) is 0 Å². The Bertz CT molecular complexity index is 569. The first-order chi connectivity index (χ1) is 8.69. The maximum atomic E-state index is 8.85. The van der Waals surface area contributed by atoms with Gasteiger partial charge in [0.15, 0.2) is 0 Å². The van der Waals surface area contributed by atoms with Gasteiger partial charge in [-0.15, -0.1) is 0 Å². The van der Waals surface area contributed by atoms with E-state index in [4.69, 9.17) is 11.0 Å². The third-order valence-electron chi connectivity index (χ3n) is 2.64. The molecule has 0 aliphatic heterocycles. The Balaban J connectivity index is 2.13. The summed E-state index contributed by atoms with van der Waals surface area (Å²) in [6.45, 7) is 0.701. The minimum absolute atomic E-state index is 0.652. The summed E-state index contributed by atoms with van der Waals surface area (Å²) < 4.78 is 0. The van der Waals surface area contributed by atoms with Crippen LogP contribution in [-0.2, 0) is 6.54 Å². The van der Waals surface area contributed by atoms with Gasteiger partial charge in [0, 0.05) is 13.6 Å². The van der Waals surface area contributed by atoms with Crippen LogP contribution in [0.1, 0.15) is 11.1 Å². The zero-order chi connectivity index (χ0) is 13.0. The van der Waals surface area contributed by atoms with Crippen LogP contribution in [-0.4, -0.2) is 12.0 Å². The standard InChI is InChI=1S/C14H14N4/c1-18(14-6-5-13(16)9-17-14)10-12-4-2-3-11(7-12)8-15/h2-7,9H,10,16H2,1H3. The SMILES string of the molecule is CN(Cc1cccc(C#N)c1)c1ccc(N)cn1. The van der Waals surface area contributed by atoms with Crippen molar-refractivity contribution >= 4 is 11.5 Å². The van der Waals surface area contributed by atoms with Gasteiger partial charge in [-0.25, -0.2) is 4.98 Å². The van der Waals surface area contributed by atoms with Crippen molar-refractivity contribution in [3.8, 4) is 6.07 Å². The molecule has 18 heavy (non-hydrogen) atoms. The van der Waals surface area contributed by atoms with Crippen LogP contribution in [0.2, 0.25) is 0 Å². The summed E-state index contributed by atoms with van der Waals surface area (Å²) in [6.07, 6.45) is 1.64. The Kier molecular flexibility index (Phi) is 3.44. The second-order valence-electron chi connectivity index (χ2n) is 4.12. The molecule has 0 saturated heterocycles. The lowest BCUT2D eigenvalue weighted by Crippen LogP contribution is -2.17. The molecule has 0 aliphatic carbocycles. The number of nitrogens with zero attached hydrogens (tertiary/aromatic N) is 3. The van der Waals surface area contributed by atoms with Gasteiger partial charge in [-0.05, 0) is 29.8 Å². The average Bonchev–Trinajstić information content (AvgIpc) is 2.39. The highest BCUT2D eigenvalue weighted by Crippen LogP contribution is 2.14. The molecule has 0 unspecified atom stereocenters. The number of aromatic nitrogens is 1. The molecule has 0 saturated carbocycles. The Morgan fingerprint density at radius 1 is 1.33 bits per heavy atom. The number of benzene rings is 1. The fraction of sp³-hybridized carbons (Fsp3) is 0.143. The highest BCUT2D eigenvalue weighted by Gasteiger charge is 2.03. The van der Waals surface area contributed by atoms with Crippen LogP contribution in [0.25, 0.3) is 0 Å². The Morgan fingerprint density at radius 3 is 2.83 bits per heavy atom. The van der Waals surface area contributed by atoms with E-state index in [1.807, 2.05) is 42.3 Å². The highest BCUT2D eigenvalue weighted by molar-refractivity contribution is 5.46. The summed E-state index contributed by atoms with van der Waals surface area (Å²) in [4.78, 5) is 6.26. The molecule has 0 atom stereocenters. The number of hydrogen-bond acceptors (Lipinski definition) is 4. The van der Waals surface area contributed by atoms with Crippen molar-refractivity contribution in [3.05, 3.63) is 53.7 Å². The van der Waals surface area contributed by atoms with Crippen LogP contribution in [0.4, 0.5) is 11.5 Å². The molecule has 2 rings (SSSR count). The molecule has 0 bridgehead atoms. The van der Waals surface area contributed by atoms with Gasteiger partial charge in [-0.2, -0.15) is 5.26 Å². The van der Waals surface area contributed by atoms with E-state index in [-0.39, 0.29) is 0 Å². The van der Waals surface area contributed by atoms with Gasteiger partial charge >= 0.3 is 0 Å². The van der Waals surface area contributed by atoms with Crippen LogP contribution in [0.15, 0.2) is 42.6 Å². The first-order valence-electron chi connectivity index (χ1n) is 5.61. The van der Waals surface area contributed by atoms with Crippen molar-refractivity contribution in [2.45, 2.75) is 6.54 Å². The first-order valence-corrected chi connectivity index (χ1v) is 5.61. The van der Waals surface area contributed by atoms with E-state index in [1.54, 1.807) is 12.3 Å². The summed E-state index contributed by atoms with van der Waals surface area (Å²) in [7, 11) is 1.96. The molecule has 2 N–H and O–H groups in total. The first kappa shape index (κ1) is 11.9. The summed E-state index contributed by atoms with van der Waals surface area (Å²) >= 11 is 0. The summed E-state index contributed by atoms with van der Waals surface area (Å²) in [6, 6.07) is 13.4. The van der Waals surface area contributed by atoms with Crippen LogP contribution in [0, 0.1) is 11.3 Å². The molecule has 0 fully saturated rings. The van der Waals surface area contributed by atoms with Crippen molar-refractivity contribution in [2.24, 2.45) is 0 Å². The molecule has 90 valence electrons. The van der Waals surface area contributed by atoms with E-state index < -0.39 is 0 Å². The fourth-order valence-electron chi connectivity index (χ4n) is 1.72. The molecule has 4 nitrogen and oxygen atoms in total. The topological polar surface area (TPSA) is 65.9 Å². The smallest absolute Gasteiger partial charge is 0.128 e. The lowest BCUT2D eigenvalue weighted by atomic mass is 10.1. The number of rotatable bonds is 3. The van der Waals surface area contributed by atoms with Gasteiger partial charge < -0.3 is 10.6 Å². The number of nitrogen functional groups attached to an aromatic ring is 1. The van der Waals surface area contributed by atoms with E-state index in [0.717, 1.165) is 11.4 Å². The van der Waals surface area contributed by atoms with Crippen molar-refractivity contribution < 1.29 is 0 Å². The lowest BCUT2D eigenvalue weighted by Gasteiger charge is -2.18. The van der Waals surface area contributed by atoms with Gasteiger partial charge in [0.2, 0.25) is 0 Å². The van der Waals surface area contributed by atoms with Gasteiger partial charge in [-0.3, -0.25) is 0 Å². The average molecular weight is 238 g/mol. The van der Waals surface area contributed by atoms with Gasteiger partial charge in [0.05, 0.1) is 23.5 Å². The lowest BCUT2D eigenvalue weighted by molar-refractivity contribution is 0.898. The number of nitriles is 1. The molecule has 0 spiro atoms. The summed E-state index contributed by atoms with van der Waals surface area (Å²) in [5, 5.41) is 8.85. The second-order valence-corrected chi connectivity index (χ2v) is 4.12. The number of hydrogen-bond donors (Lipinski definition) is 1. The van der Waals surface area contributed by atoms with Crippen molar-refractivity contribution in [3.63, 3.8) is 0 Å². The molecule has 1 heterocycles. The predicted octanol–water partition coefficient (Wildman–Crippen LogP) is 2.17. The predicted molar refractivity (Wildman–Crippen MR) is 71.9 cm³/mol. The number of anilines is 2. The Hall–Kier alpha value is -2.54. The quantitative estimate of drug-likeness (QED) is 0.890. The van der Waals surface area contributed by atoms with Crippen molar-refractivity contribution in [2.75, 3.05) is 17.7 Å². The molecular weight excluding hydrogens is 224 g/mol. The van der Waals surface area contributed by atoms with E-state index in [0.29, 0.717) is 17.8 Å². The second kappa shape index (κ2) is 5.19. The van der Waals surface area contributed by atoms with Gasteiger partial charge in [0.25, 0.3) is 0 Å². The van der Waals surface area contributed by atoms with Crippen LogP contribution in [0.5, 0.6) is 0 Å². The van der Waals surface area contributed by atoms with E-state index in [2.05, 4.69) is 11.1 Å². The molecular formula is C14H14N4. The van der Waals surface area contributed by atoms with Gasteiger partial charge in [0.1, 0.15) is 5.82 Å². The third-order valence-corrected chi connectivity index (χ3v) is 2.64. The number of nitrogens with two attached hydrogens (primary N) is 1. The van der Waals surface area contributed by atoms with Crippen LogP contribution >= 0.6 is 0 Å². The zero-order valence-corrected chi connectivity index (χ0v) is 10.2. The maximum Gasteiger partial charge on any atom is 0.128 e. The molecule has 0 radical (unpaired) electrons. The largest absolute Gasteiger partial charge is 0.397 e. The van der Waals surface area contributed by atoms with Crippen LogP contribution in [0.3, 0.4) is 0 Å². The number of pyridine rings is 1. The third kappa shape index (κ3) is 2.77. The van der Waals surface area contributed by atoms with Gasteiger partial charge in [-0.1, -0.05) is 12.1 Å². The minimum atomic E-state index is 0.652. The highest BCUT2D eigenvalue weighted by atomic mass is 15.2. The molecule has 1 aromatic carbocycles. The maximum absolute atomic E-state index is 8.85. The summed E-state index contributed by atoms with van der Waals surface area (Å²) in [5.41, 5.74) is 8.00. The molecule has 0 amide bonds. The monoisotopic (exact) mass is 238 g/mol. The van der Waals surface area contributed by atoms with E-state index in [9.17, 15) is 0 Å². The van der Waals surface area contributed by atoms with Crippen molar-refractivity contribution in [1.29, 1.82) is 5.26 Å². The zero-order valence-electron chi connectivity index (χ0n) is 10.2. The minimum Gasteiger partial charge on any atom is -0.397 e. The fourth-order valence-corrected chi connectivity index (χ4v) is 1.72. The molecule has 0 aliphatic rings. The van der Waals surface area contributed by atoms with E-state index >= 15 is 0 Å². The normalized spacial score (nSPS) is 9.78. The summed E-state index contributed by atoms with van der Waals surface area (Å²) in [5.74, 6) is 0.853.